The Hall–Kier alpha value is -1.82. The number of thiocarbonyl (C=S) groups is 1. The molecule has 23 heavy (non-hydrogen) atoms. The Morgan fingerprint density at radius 1 is 1.17 bits per heavy atom. The number of carbonyl (C=O) groups is 1. The van der Waals surface area contributed by atoms with Gasteiger partial charge in [0.15, 0.2) is 0 Å². The predicted octanol–water partition coefficient (Wildman–Crippen LogP) is 4.61. The number of amides is 1. The highest BCUT2D eigenvalue weighted by Crippen LogP contribution is 2.32. The minimum Gasteiger partial charge on any atom is -0.367 e. The van der Waals surface area contributed by atoms with Gasteiger partial charge in [-0.25, -0.2) is 0 Å². The molecule has 3 rings (SSSR count). The van der Waals surface area contributed by atoms with E-state index in [-0.39, 0.29) is 5.91 Å². The first kappa shape index (κ1) is 16.1. The second-order valence-corrected chi connectivity index (χ2v) is 6.98. The van der Waals surface area contributed by atoms with Crippen LogP contribution in [0.2, 0.25) is 5.02 Å². The third-order valence-corrected chi connectivity index (χ3v) is 4.85. The Labute approximate surface area is 149 Å². The fraction of sp³-hybridized carbons (Fsp3) is 0.0588. The number of halogens is 1. The number of rotatable bonds is 4. The van der Waals surface area contributed by atoms with E-state index in [0.717, 1.165) is 11.3 Å². The molecule has 1 saturated heterocycles. The quantitative estimate of drug-likeness (QED) is 0.637. The normalized spacial score (nSPS) is 16.2. The van der Waals surface area contributed by atoms with Crippen molar-refractivity contribution in [2.45, 2.75) is 0 Å². The van der Waals surface area contributed by atoms with Crippen molar-refractivity contribution in [2.75, 3.05) is 12.0 Å². The third-order valence-electron chi connectivity index (χ3n) is 3.24. The fourth-order valence-corrected chi connectivity index (χ4v) is 3.55. The van der Waals surface area contributed by atoms with Crippen LogP contribution in [0.1, 0.15) is 5.56 Å². The molecule has 2 aromatic carbocycles. The van der Waals surface area contributed by atoms with Gasteiger partial charge in [-0.3, -0.25) is 9.69 Å². The fourth-order valence-electron chi connectivity index (χ4n) is 2.11. The second kappa shape index (κ2) is 7.17. The number of carbonyl (C=O) groups excluding carboxylic acids is 1. The number of nitrogens with one attached hydrogen (secondary N) is 1. The summed E-state index contributed by atoms with van der Waals surface area (Å²) in [6.45, 7) is 0.317. The smallest absolute Gasteiger partial charge is 0.267 e. The van der Waals surface area contributed by atoms with Gasteiger partial charge in [0.05, 0.1) is 11.6 Å². The van der Waals surface area contributed by atoms with Crippen molar-refractivity contribution in [3.63, 3.8) is 0 Å². The molecule has 1 aliphatic rings. The number of hydrogen-bond donors (Lipinski definition) is 1. The van der Waals surface area contributed by atoms with E-state index in [1.54, 1.807) is 17.0 Å². The Balaban J connectivity index is 1.70. The molecule has 0 bridgehead atoms. The molecular formula is C17H13ClN2OS2. The van der Waals surface area contributed by atoms with E-state index in [4.69, 9.17) is 23.8 Å². The molecule has 1 heterocycles. The summed E-state index contributed by atoms with van der Waals surface area (Å²) >= 11 is 12.6. The molecule has 0 aromatic heterocycles. The first-order chi connectivity index (χ1) is 11.1. The van der Waals surface area contributed by atoms with Gasteiger partial charge in [-0.15, -0.1) is 0 Å². The highest BCUT2D eigenvalue weighted by Gasteiger charge is 2.31. The van der Waals surface area contributed by atoms with Crippen LogP contribution >= 0.6 is 35.6 Å². The molecule has 1 fully saturated rings. The summed E-state index contributed by atoms with van der Waals surface area (Å²) in [5, 5.41) is 3.81. The third kappa shape index (κ3) is 3.93. The lowest BCUT2D eigenvalue weighted by Crippen LogP contribution is -2.33. The first-order valence-electron chi connectivity index (χ1n) is 6.93. The summed E-state index contributed by atoms with van der Waals surface area (Å²) in [6, 6.07) is 17.1. The van der Waals surface area contributed by atoms with Gasteiger partial charge in [-0.1, -0.05) is 72.0 Å². The van der Waals surface area contributed by atoms with E-state index in [9.17, 15) is 4.79 Å². The standard InChI is InChI=1S/C17H13ClN2OS2/c18-13-7-4-8-14(10-13)19-11-20-16(21)15(23-17(20)22)9-12-5-2-1-3-6-12/h1-10,19H,11H2/b15-9-. The maximum absolute atomic E-state index is 12.5. The summed E-state index contributed by atoms with van der Waals surface area (Å²) in [6.07, 6.45) is 1.86. The molecule has 116 valence electrons. The molecular weight excluding hydrogens is 348 g/mol. The minimum atomic E-state index is -0.0848. The monoisotopic (exact) mass is 360 g/mol. The van der Waals surface area contributed by atoms with E-state index < -0.39 is 0 Å². The average Bonchev–Trinajstić information content (AvgIpc) is 2.80. The summed E-state index contributed by atoms with van der Waals surface area (Å²) in [4.78, 5) is 14.7. The Kier molecular flexibility index (Phi) is 5.00. The maximum atomic E-state index is 12.5. The van der Waals surface area contributed by atoms with Gasteiger partial charge in [-0.2, -0.15) is 0 Å². The number of thioether (sulfide) groups is 1. The van der Waals surface area contributed by atoms with Crippen molar-refractivity contribution in [3.05, 3.63) is 70.1 Å². The molecule has 0 saturated carbocycles. The largest absolute Gasteiger partial charge is 0.367 e. The van der Waals surface area contributed by atoms with E-state index in [1.165, 1.54) is 11.8 Å². The molecule has 6 heteroatoms. The Morgan fingerprint density at radius 2 is 1.96 bits per heavy atom. The van der Waals surface area contributed by atoms with Gasteiger partial charge in [-0.05, 0) is 29.8 Å². The molecule has 0 spiro atoms. The summed E-state index contributed by atoms with van der Waals surface area (Å²) < 4.78 is 0.548. The van der Waals surface area contributed by atoms with E-state index in [0.29, 0.717) is 20.9 Å². The van der Waals surface area contributed by atoms with E-state index in [2.05, 4.69) is 5.32 Å². The SMILES string of the molecule is O=C1/C(=C/c2ccccc2)SC(=S)N1CNc1cccc(Cl)c1. The van der Waals surface area contributed by atoms with Gasteiger partial charge in [0.2, 0.25) is 0 Å². The zero-order valence-electron chi connectivity index (χ0n) is 12.0. The van der Waals surface area contributed by atoms with Crippen molar-refractivity contribution in [1.82, 2.24) is 4.90 Å². The topological polar surface area (TPSA) is 32.3 Å². The van der Waals surface area contributed by atoms with Crippen LogP contribution in [0, 0.1) is 0 Å². The Bertz CT molecular complexity index is 777. The molecule has 3 nitrogen and oxygen atoms in total. The van der Waals surface area contributed by atoms with Crippen LogP contribution in [-0.4, -0.2) is 21.8 Å². The maximum Gasteiger partial charge on any atom is 0.267 e. The molecule has 1 aliphatic heterocycles. The molecule has 0 radical (unpaired) electrons. The molecule has 0 atom stereocenters. The summed E-state index contributed by atoms with van der Waals surface area (Å²) in [7, 11) is 0. The van der Waals surface area contributed by atoms with Gasteiger partial charge >= 0.3 is 0 Å². The van der Waals surface area contributed by atoms with Crippen molar-refractivity contribution in [2.24, 2.45) is 0 Å². The van der Waals surface area contributed by atoms with Crippen LogP contribution in [-0.2, 0) is 4.79 Å². The number of benzene rings is 2. The van der Waals surface area contributed by atoms with Crippen molar-refractivity contribution in [3.8, 4) is 0 Å². The molecule has 1 N–H and O–H groups in total. The van der Waals surface area contributed by atoms with Gasteiger partial charge in [0.25, 0.3) is 5.91 Å². The van der Waals surface area contributed by atoms with Crippen LogP contribution in [0.15, 0.2) is 59.5 Å². The minimum absolute atomic E-state index is 0.0848. The lowest BCUT2D eigenvalue weighted by molar-refractivity contribution is -0.121. The summed E-state index contributed by atoms with van der Waals surface area (Å²) in [5.74, 6) is -0.0848. The first-order valence-corrected chi connectivity index (χ1v) is 8.53. The zero-order chi connectivity index (χ0) is 16.2. The van der Waals surface area contributed by atoms with E-state index >= 15 is 0 Å². The summed E-state index contributed by atoms with van der Waals surface area (Å²) in [5.41, 5.74) is 1.83. The lowest BCUT2D eigenvalue weighted by Gasteiger charge is -2.16. The lowest BCUT2D eigenvalue weighted by atomic mass is 10.2. The van der Waals surface area contributed by atoms with Gasteiger partial charge < -0.3 is 5.32 Å². The predicted molar refractivity (Wildman–Crippen MR) is 101 cm³/mol. The molecule has 2 aromatic rings. The van der Waals surface area contributed by atoms with Crippen molar-refractivity contribution in [1.29, 1.82) is 0 Å². The highest BCUT2D eigenvalue weighted by molar-refractivity contribution is 8.26. The number of hydrogen-bond acceptors (Lipinski definition) is 4. The van der Waals surface area contributed by atoms with Gasteiger partial charge in [0, 0.05) is 10.7 Å². The molecule has 1 amide bonds. The van der Waals surface area contributed by atoms with Crippen LogP contribution in [0.3, 0.4) is 0 Å². The van der Waals surface area contributed by atoms with Gasteiger partial charge in [0.1, 0.15) is 4.32 Å². The van der Waals surface area contributed by atoms with E-state index in [1.807, 2.05) is 48.5 Å². The average molecular weight is 361 g/mol. The Morgan fingerprint density at radius 3 is 2.70 bits per heavy atom. The second-order valence-electron chi connectivity index (χ2n) is 4.87. The van der Waals surface area contributed by atoms with Crippen molar-refractivity contribution < 1.29 is 4.79 Å². The van der Waals surface area contributed by atoms with Crippen LogP contribution < -0.4 is 5.32 Å². The molecule has 0 aliphatic carbocycles. The van der Waals surface area contributed by atoms with Crippen LogP contribution in [0.4, 0.5) is 5.69 Å². The highest BCUT2D eigenvalue weighted by atomic mass is 35.5. The zero-order valence-corrected chi connectivity index (χ0v) is 14.4. The number of nitrogens with zero attached hydrogens (tertiary/aromatic N) is 1. The number of anilines is 1. The van der Waals surface area contributed by atoms with Crippen molar-refractivity contribution >= 4 is 57.6 Å². The van der Waals surface area contributed by atoms with Crippen LogP contribution in [0.25, 0.3) is 6.08 Å². The van der Waals surface area contributed by atoms with Crippen LogP contribution in [0.5, 0.6) is 0 Å². The molecule has 0 unspecified atom stereocenters.